The monoisotopic (exact) mass is 228 g/mol. The molecule has 0 aliphatic heterocycles. The molecule has 0 amide bonds. The second-order valence-electron chi connectivity index (χ2n) is 3.26. The molecule has 0 unspecified atom stereocenters. The summed E-state index contributed by atoms with van der Waals surface area (Å²) in [5.74, 6) is 0. The third kappa shape index (κ3) is 1.69. The predicted octanol–water partition coefficient (Wildman–Crippen LogP) is 3.14. The van der Waals surface area contributed by atoms with Crippen molar-refractivity contribution in [3.8, 4) is 0 Å². The third-order valence-electron chi connectivity index (χ3n) is 2.19. The molecule has 1 aromatic carbocycles. The maximum atomic E-state index is 10.8. The maximum Gasteiger partial charge on any atom is 0.430 e. The van der Waals surface area contributed by atoms with E-state index in [-0.39, 0.29) is 6.04 Å². The van der Waals surface area contributed by atoms with Crippen LogP contribution in [0.5, 0.6) is 0 Å². The van der Waals surface area contributed by atoms with Crippen molar-refractivity contribution in [3.63, 3.8) is 0 Å². The summed E-state index contributed by atoms with van der Waals surface area (Å²) in [6.45, 7) is 0. The van der Waals surface area contributed by atoms with Gasteiger partial charge in [0.1, 0.15) is 10.0 Å². The van der Waals surface area contributed by atoms with Crippen LogP contribution in [0.2, 0.25) is 10.0 Å². The number of hydrogen-bond acceptors (Lipinski definition) is 1. The fraction of sp³-hybridized carbons (Fsp3) is 0.300. The Balaban J connectivity index is 2.53. The van der Waals surface area contributed by atoms with Crippen LogP contribution >= 0.6 is 23.2 Å². The molecule has 0 spiro atoms. The van der Waals surface area contributed by atoms with E-state index < -0.39 is 0 Å². The quantitative estimate of drug-likeness (QED) is 0.433. The summed E-state index contributed by atoms with van der Waals surface area (Å²) < 4.78 is 1.49. The molecule has 0 radical (unpaired) electrons. The van der Waals surface area contributed by atoms with Crippen molar-refractivity contribution in [1.82, 2.24) is 0 Å². The van der Waals surface area contributed by atoms with Crippen molar-refractivity contribution >= 4 is 35.0 Å². The third-order valence-corrected chi connectivity index (χ3v) is 2.80. The van der Waals surface area contributed by atoms with Gasteiger partial charge in [0.05, 0.1) is 0 Å². The van der Waals surface area contributed by atoms with E-state index in [1.54, 1.807) is 18.2 Å². The molecule has 0 N–H and O–H groups in total. The van der Waals surface area contributed by atoms with Gasteiger partial charge in [0.2, 0.25) is 0 Å². The number of halogens is 2. The molecule has 1 saturated carbocycles. The Morgan fingerprint density at radius 3 is 2.29 bits per heavy atom. The van der Waals surface area contributed by atoms with Crippen molar-refractivity contribution in [1.29, 1.82) is 0 Å². The summed E-state index contributed by atoms with van der Waals surface area (Å²) in [4.78, 5) is 10.8. The van der Waals surface area contributed by atoms with Crippen molar-refractivity contribution in [2.75, 3.05) is 0 Å². The lowest BCUT2D eigenvalue weighted by Gasteiger charge is -2.00. The Morgan fingerprint density at radius 2 is 1.86 bits per heavy atom. The lowest BCUT2D eigenvalue weighted by molar-refractivity contribution is -0.452. The predicted molar refractivity (Wildman–Crippen MR) is 55.1 cm³/mol. The van der Waals surface area contributed by atoms with Crippen molar-refractivity contribution in [2.45, 2.75) is 18.9 Å². The van der Waals surface area contributed by atoms with E-state index in [2.05, 4.69) is 0 Å². The van der Waals surface area contributed by atoms with Gasteiger partial charge in [-0.05, 0) is 12.1 Å². The largest absolute Gasteiger partial charge is 0.430 e. The molecule has 1 aromatic rings. The maximum absolute atomic E-state index is 10.8. The van der Waals surface area contributed by atoms with Gasteiger partial charge in [0, 0.05) is 12.8 Å². The van der Waals surface area contributed by atoms with Crippen LogP contribution in [-0.4, -0.2) is 16.7 Å². The van der Waals surface area contributed by atoms with E-state index in [1.165, 1.54) is 4.58 Å². The molecule has 4 heteroatoms. The van der Waals surface area contributed by atoms with Gasteiger partial charge in [-0.2, -0.15) is 4.79 Å². The summed E-state index contributed by atoms with van der Waals surface area (Å²) in [5.41, 5.74) is 0.577. The number of rotatable bonds is 2. The highest BCUT2D eigenvalue weighted by Crippen LogP contribution is 2.37. The molecule has 1 aliphatic rings. The fourth-order valence-electron chi connectivity index (χ4n) is 1.35. The number of hydrogen-bond donors (Lipinski definition) is 0. The van der Waals surface area contributed by atoms with E-state index in [1.807, 2.05) is 6.08 Å². The molecule has 2 rings (SSSR count). The molecule has 0 saturated heterocycles. The molecule has 1 aliphatic carbocycles. The molecule has 2 nitrogen and oxygen atoms in total. The SMILES string of the molecule is O=C=[N+](c1c(Cl)cccc1Cl)C1CC1. The molecule has 1 fully saturated rings. The van der Waals surface area contributed by atoms with E-state index in [0.717, 1.165) is 12.8 Å². The highest BCUT2D eigenvalue weighted by atomic mass is 35.5. The van der Waals surface area contributed by atoms with Gasteiger partial charge in [-0.1, -0.05) is 29.3 Å². The van der Waals surface area contributed by atoms with Gasteiger partial charge in [0.25, 0.3) is 5.69 Å². The number of carbonyl (C=O) groups excluding carboxylic acids is 1. The number of isocyanates is 1. The molecular formula is C10H8Cl2NO+. The van der Waals surface area contributed by atoms with Crippen LogP contribution < -0.4 is 0 Å². The van der Waals surface area contributed by atoms with Crippen LogP contribution in [0.15, 0.2) is 18.2 Å². The van der Waals surface area contributed by atoms with Gasteiger partial charge in [-0.25, -0.2) is 0 Å². The Bertz CT molecular complexity index is 400. The minimum absolute atomic E-state index is 0.227. The molecule has 0 atom stereocenters. The normalized spacial score (nSPS) is 15.0. The summed E-state index contributed by atoms with van der Waals surface area (Å²) in [5, 5.41) is 0.987. The van der Waals surface area contributed by atoms with E-state index in [9.17, 15) is 4.79 Å². The lowest BCUT2D eigenvalue weighted by atomic mass is 10.3. The average molecular weight is 229 g/mol. The Morgan fingerprint density at radius 1 is 1.29 bits per heavy atom. The summed E-state index contributed by atoms with van der Waals surface area (Å²) in [6.07, 6.45) is 3.87. The molecule has 72 valence electrons. The molecular weight excluding hydrogens is 221 g/mol. The summed E-state index contributed by atoms with van der Waals surface area (Å²) in [6, 6.07) is 5.42. The average Bonchev–Trinajstić information content (AvgIpc) is 2.95. The Labute approximate surface area is 91.8 Å². The first kappa shape index (κ1) is 9.72. The zero-order valence-corrected chi connectivity index (χ0v) is 8.85. The zero-order chi connectivity index (χ0) is 10.1. The van der Waals surface area contributed by atoms with Crippen LogP contribution in [0.4, 0.5) is 5.69 Å². The van der Waals surface area contributed by atoms with Crippen LogP contribution in [0.1, 0.15) is 12.8 Å². The first-order chi connectivity index (χ1) is 6.74. The number of nitrogens with zero attached hydrogens (tertiary/aromatic N) is 1. The molecule has 0 heterocycles. The van der Waals surface area contributed by atoms with Crippen LogP contribution in [0, 0.1) is 0 Å². The van der Waals surface area contributed by atoms with E-state index in [0.29, 0.717) is 15.7 Å². The smallest absolute Gasteiger partial charge is 0.159 e. The Hall–Kier alpha value is -0.820. The molecule has 0 aromatic heterocycles. The highest BCUT2D eigenvalue weighted by Gasteiger charge is 2.38. The standard InChI is InChI=1S/C10H8Cl2NO/c11-8-2-1-3-9(12)10(8)13(6-14)7-4-5-7/h1-3,7H,4-5H2/q+1. The van der Waals surface area contributed by atoms with Crippen LogP contribution in [0.3, 0.4) is 0 Å². The minimum Gasteiger partial charge on any atom is -0.159 e. The Kier molecular flexibility index (Phi) is 2.60. The van der Waals surface area contributed by atoms with Crippen molar-refractivity contribution in [2.24, 2.45) is 0 Å². The topological polar surface area (TPSA) is 20.1 Å². The summed E-state index contributed by atoms with van der Waals surface area (Å²) in [7, 11) is 0. The van der Waals surface area contributed by atoms with Gasteiger partial charge in [0.15, 0.2) is 6.04 Å². The number of benzene rings is 1. The van der Waals surface area contributed by atoms with Gasteiger partial charge in [-0.3, -0.25) is 0 Å². The number of para-hydroxylation sites is 1. The lowest BCUT2D eigenvalue weighted by Crippen LogP contribution is -2.07. The van der Waals surface area contributed by atoms with Crippen molar-refractivity contribution < 1.29 is 9.37 Å². The summed E-state index contributed by atoms with van der Waals surface area (Å²) >= 11 is 11.9. The first-order valence-electron chi connectivity index (χ1n) is 4.35. The highest BCUT2D eigenvalue weighted by molar-refractivity contribution is 6.38. The van der Waals surface area contributed by atoms with Gasteiger partial charge >= 0.3 is 6.08 Å². The van der Waals surface area contributed by atoms with E-state index in [4.69, 9.17) is 23.2 Å². The first-order valence-corrected chi connectivity index (χ1v) is 5.10. The van der Waals surface area contributed by atoms with Crippen molar-refractivity contribution in [3.05, 3.63) is 28.2 Å². The fourth-order valence-corrected chi connectivity index (χ4v) is 1.93. The van der Waals surface area contributed by atoms with E-state index >= 15 is 0 Å². The van der Waals surface area contributed by atoms with Crippen LogP contribution in [-0.2, 0) is 4.79 Å². The van der Waals surface area contributed by atoms with Gasteiger partial charge in [-0.15, -0.1) is 4.58 Å². The zero-order valence-electron chi connectivity index (χ0n) is 7.34. The minimum atomic E-state index is 0.227. The van der Waals surface area contributed by atoms with Gasteiger partial charge < -0.3 is 0 Å². The molecule has 14 heavy (non-hydrogen) atoms. The molecule has 0 bridgehead atoms. The second kappa shape index (κ2) is 3.74. The second-order valence-corrected chi connectivity index (χ2v) is 4.08. The van der Waals surface area contributed by atoms with Crippen LogP contribution in [0.25, 0.3) is 0 Å².